The Morgan fingerprint density at radius 1 is 0.462 bits per heavy atom. The van der Waals surface area contributed by atoms with Gasteiger partial charge >= 0.3 is 17.9 Å². The van der Waals surface area contributed by atoms with Crippen molar-refractivity contribution in [2.75, 3.05) is 13.2 Å². The van der Waals surface area contributed by atoms with E-state index in [0.29, 0.717) is 0 Å². The Hall–Kier alpha value is -3.41. The lowest BCUT2D eigenvalue weighted by Crippen LogP contribution is -2.30. The Kier molecular flexibility index (Phi) is 25.2. The van der Waals surface area contributed by atoms with Gasteiger partial charge in [-0.05, 0) is 44.9 Å². The SMILES string of the molecule is CC/C=C\C/C=C\C/C=C\CC(=O)OCC(COC(=O)C/C=C\C/C=C\CC)OC(=O)C/C=C\C/C=C\CC. The lowest BCUT2D eigenvalue weighted by atomic mass is 10.2. The molecule has 0 spiro atoms. The molecule has 0 aromatic carbocycles. The minimum atomic E-state index is -0.877. The first-order valence-corrected chi connectivity index (χ1v) is 14.1. The van der Waals surface area contributed by atoms with Crippen molar-refractivity contribution < 1.29 is 28.6 Å². The molecular formula is C33H48O6. The van der Waals surface area contributed by atoms with Crippen molar-refractivity contribution in [3.63, 3.8) is 0 Å². The van der Waals surface area contributed by atoms with Crippen LogP contribution in [0.3, 0.4) is 0 Å². The summed E-state index contributed by atoms with van der Waals surface area (Å²) in [6.07, 6.45) is 32.9. The highest BCUT2D eigenvalue weighted by atomic mass is 16.6. The molecule has 0 heterocycles. The van der Waals surface area contributed by atoms with E-state index in [1.165, 1.54) is 0 Å². The lowest BCUT2D eigenvalue weighted by Gasteiger charge is -2.17. The second-order valence-corrected chi connectivity index (χ2v) is 8.56. The number of ether oxygens (including phenoxy) is 3. The third-order valence-electron chi connectivity index (χ3n) is 4.97. The van der Waals surface area contributed by atoms with Crippen LogP contribution in [0.25, 0.3) is 0 Å². The van der Waals surface area contributed by atoms with E-state index in [0.717, 1.165) is 44.9 Å². The van der Waals surface area contributed by atoms with Crippen LogP contribution in [0.1, 0.15) is 85.0 Å². The molecule has 0 radical (unpaired) electrons. The summed E-state index contributed by atoms with van der Waals surface area (Å²) < 4.78 is 16.0. The van der Waals surface area contributed by atoms with Gasteiger partial charge in [0, 0.05) is 0 Å². The molecule has 0 aliphatic rings. The molecule has 1 atom stereocenters. The van der Waals surface area contributed by atoms with Crippen molar-refractivity contribution in [3.05, 3.63) is 85.1 Å². The third-order valence-corrected chi connectivity index (χ3v) is 4.97. The monoisotopic (exact) mass is 540 g/mol. The maximum Gasteiger partial charge on any atom is 0.310 e. The highest BCUT2D eigenvalue weighted by Gasteiger charge is 2.18. The van der Waals surface area contributed by atoms with Gasteiger partial charge in [-0.2, -0.15) is 0 Å². The van der Waals surface area contributed by atoms with Crippen LogP contribution in [-0.2, 0) is 28.6 Å². The predicted molar refractivity (Wildman–Crippen MR) is 159 cm³/mol. The van der Waals surface area contributed by atoms with Gasteiger partial charge in [-0.25, -0.2) is 0 Å². The Morgan fingerprint density at radius 2 is 0.769 bits per heavy atom. The molecule has 0 fully saturated rings. The summed E-state index contributed by atoms with van der Waals surface area (Å²) in [6.45, 7) is 5.84. The van der Waals surface area contributed by atoms with Crippen LogP contribution >= 0.6 is 0 Å². The summed E-state index contributed by atoms with van der Waals surface area (Å²) in [6, 6.07) is 0. The Balaban J connectivity index is 4.68. The summed E-state index contributed by atoms with van der Waals surface area (Å²) in [7, 11) is 0. The van der Waals surface area contributed by atoms with E-state index in [-0.39, 0.29) is 32.5 Å². The highest BCUT2D eigenvalue weighted by Crippen LogP contribution is 2.04. The molecule has 216 valence electrons. The van der Waals surface area contributed by atoms with Gasteiger partial charge in [0.15, 0.2) is 6.10 Å². The molecule has 0 saturated carbocycles. The third kappa shape index (κ3) is 26.0. The zero-order valence-corrected chi connectivity index (χ0v) is 24.1. The van der Waals surface area contributed by atoms with Crippen molar-refractivity contribution >= 4 is 17.9 Å². The largest absolute Gasteiger partial charge is 0.461 e. The van der Waals surface area contributed by atoms with Crippen LogP contribution < -0.4 is 0 Å². The molecule has 0 aliphatic heterocycles. The molecule has 6 heteroatoms. The van der Waals surface area contributed by atoms with Crippen molar-refractivity contribution in [3.8, 4) is 0 Å². The first-order chi connectivity index (χ1) is 19.0. The molecule has 0 aromatic rings. The van der Waals surface area contributed by atoms with Gasteiger partial charge in [-0.3, -0.25) is 14.4 Å². The predicted octanol–water partition coefficient (Wildman–Crippen LogP) is 7.84. The fourth-order valence-corrected chi connectivity index (χ4v) is 2.96. The van der Waals surface area contributed by atoms with E-state index < -0.39 is 24.0 Å². The first-order valence-electron chi connectivity index (χ1n) is 14.1. The molecule has 0 bridgehead atoms. The van der Waals surface area contributed by atoms with E-state index >= 15 is 0 Å². The molecule has 0 N–H and O–H groups in total. The quantitative estimate of drug-likeness (QED) is 0.0791. The fourth-order valence-electron chi connectivity index (χ4n) is 2.96. The number of esters is 3. The maximum absolute atomic E-state index is 12.3. The summed E-state index contributed by atoms with van der Waals surface area (Å²) in [4.78, 5) is 36.5. The van der Waals surface area contributed by atoms with E-state index in [9.17, 15) is 14.4 Å². The molecule has 6 nitrogen and oxygen atoms in total. The minimum absolute atomic E-state index is 0.0802. The van der Waals surface area contributed by atoms with Crippen LogP contribution in [0, 0.1) is 0 Å². The lowest BCUT2D eigenvalue weighted by molar-refractivity contribution is -0.165. The van der Waals surface area contributed by atoms with Crippen molar-refractivity contribution in [1.82, 2.24) is 0 Å². The summed E-state index contributed by atoms with van der Waals surface area (Å²) >= 11 is 0. The molecule has 1 unspecified atom stereocenters. The van der Waals surface area contributed by atoms with Gasteiger partial charge in [0.2, 0.25) is 0 Å². The van der Waals surface area contributed by atoms with Crippen LogP contribution in [0.15, 0.2) is 85.1 Å². The fraction of sp³-hybridized carbons (Fsp3) is 0.485. The Morgan fingerprint density at radius 3 is 1.13 bits per heavy atom. The number of carbonyl (C=O) groups is 3. The molecular weight excluding hydrogens is 492 g/mol. The number of rotatable bonds is 22. The standard InChI is InChI=1S/C33H48O6/c1-4-7-10-13-16-17-18-21-23-26-32(35)38-29-30(39-33(36)27-24-20-15-12-9-6-3)28-37-31(34)25-22-19-14-11-8-5-2/h7-12,16-17,19-24,30H,4-6,13-15,18,25-29H2,1-3H3/b10-7-,11-8-,12-9-,17-16-,22-19-,23-21-,24-20-. The zero-order valence-electron chi connectivity index (χ0n) is 24.1. The van der Waals surface area contributed by atoms with E-state index in [1.54, 1.807) is 18.2 Å². The Labute approximate surface area is 235 Å². The summed E-state index contributed by atoms with van der Waals surface area (Å²) in [5.41, 5.74) is 0. The molecule has 0 amide bonds. The summed E-state index contributed by atoms with van der Waals surface area (Å²) in [5, 5.41) is 0. The van der Waals surface area contributed by atoms with Crippen LogP contribution in [0.4, 0.5) is 0 Å². The second kappa shape index (κ2) is 27.6. The topological polar surface area (TPSA) is 78.9 Å². The molecule has 0 saturated heterocycles. The van der Waals surface area contributed by atoms with Crippen molar-refractivity contribution in [1.29, 1.82) is 0 Å². The molecule has 0 rings (SSSR count). The maximum atomic E-state index is 12.3. The average Bonchev–Trinajstić information content (AvgIpc) is 2.93. The Bertz CT molecular complexity index is 857. The number of carbonyl (C=O) groups excluding carboxylic acids is 3. The van der Waals surface area contributed by atoms with Gasteiger partial charge in [0.1, 0.15) is 13.2 Å². The molecule has 39 heavy (non-hydrogen) atoms. The molecule has 0 aliphatic carbocycles. The smallest absolute Gasteiger partial charge is 0.310 e. The number of hydrogen-bond acceptors (Lipinski definition) is 6. The normalized spacial score (nSPS) is 13.2. The van der Waals surface area contributed by atoms with Crippen LogP contribution in [0.2, 0.25) is 0 Å². The van der Waals surface area contributed by atoms with Gasteiger partial charge in [-0.1, -0.05) is 106 Å². The van der Waals surface area contributed by atoms with Gasteiger partial charge in [0.25, 0.3) is 0 Å². The van der Waals surface area contributed by atoms with Gasteiger partial charge < -0.3 is 14.2 Å². The number of allylic oxidation sites excluding steroid dienone is 11. The van der Waals surface area contributed by atoms with E-state index in [2.05, 4.69) is 51.2 Å². The van der Waals surface area contributed by atoms with Gasteiger partial charge in [-0.15, -0.1) is 0 Å². The van der Waals surface area contributed by atoms with E-state index in [4.69, 9.17) is 14.2 Å². The minimum Gasteiger partial charge on any atom is -0.461 e. The highest BCUT2D eigenvalue weighted by molar-refractivity contribution is 5.73. The molecule has 0 aromatic heterocycles. The van der Waals surface area contributed by atoms with Crippen molar-refractivity contribution in [2.45, 2.75) is 91.1 Å². The average molecular weight is 541 g/mol. The zero-order chi connectivity index (χ0) is 28.8. The first kappa shape index (κ1) is 35.6. The van der Waals surface area contributed by atoms with Gasteiger partial charge in [0.05, 0.1) is 19.3 Å². The van der Waals surface area contributed by atoms with Crippen LogP contribution in [0.5, 0.6) is 0 Å². The van der Waals surface area contributed by atoms with Crippen molar-refractivity contribution in [2.24, 2.45) is 0 Å². The van der Waals surface area contributed by atoms with Crippen LogP contribution in [-0.4, -0.2) is 37.2 Å². The second-order valence-electron chi connectivity index (χ2n) is 8.56. The summed E-state index contributed by atoms with van der Waals surface area (Å²) in [5.74, 6) is -1.37. The number of hydrogen-bond donors (Lipinski definition) is 0. The van der Waals surface area contributed by atoms with E-state index in [1.807, 2.05) is 36.5 Å².